The lowest BCUT2D eigenvalue weighted by Gasteiger charge is -2.22. The van der Waals surface area contributed by atoms with Crippen molar-refractivity contribution < 1.29 is 8.78 Å². The van der Waals surface area contributed by atoms with E-state index < -0.39 is 6.43 Å². The highest BCUT2D eigenvalue weighted by Crippen LogP contribution is 2.24. The monoisotopic (exact) mass is 334 g/mol. The van der Waals surface area contributed by atoms with E-state index in [4.69, 9.17) is 0 Å². The highest BCUT2D eigenvalue weighted by molar-refractivity contribution is 9.10. The van der Waals surface area contributed by atoms with Crippen LogP contribution >= 0.6 is 15.9 Å². The molecule has 19 heavy (non-hydrogen) atoms. The molecule has 0 saturated carbocycles. The fourth-order valence-electron chi connectivity index (χ4n) is 1.87. The lowest BCUT2D eigenvalue weighted by molar-refractivity contribution is 0.156. The molecule has 108 valence electrons. The number of hydrogen-bond acceptors (Lipinski definition) is 2. The minimum absolute atomic E-state index is 0.251. The minimum atomic E-state index is -2.33. The van der Waals surface area contributed by atoms with E-state index in [1.165, 1.54) is 0 Å². The normalized spacial score (nSPS) is 11.4. The lowest BCUT2D eigenvalue weighted by Crippen LogP contribution is -2.26. The zero-order valence-corrected chi connectivity index (χ0v) is 13.2. The molecule has 0 fully saturated rings. The van der Waals surface area contributed by atoms with Gasteiger partial charge in [-0.05, 0) is 36.2 Å². The average Bonchev–Trinajstić information content (AvgIpc) is 2.27. The number of benzene rings is 1. The quantitative estimate of drug-likeness (QED) is 0.813. The first-order valence-corrected chi connectivity index (χ1v) is 7.18. The third kappa shape index (κ3) is 5.87. The van der Waals surface area contributed by atoms with Gasteiger partial charge in [0, 0.05) is 23.8 Å². The van der Waals surface area contributed by atoms with Crippen molar-refractivity contribution in [3.05, 3.63) is 28.2 Å². The summed E-state index contributed by atoms with van der Waals surface area (Å²) in [6, 6.07) is 5.73. The van der Waals surface area contributed by atoms with Crippen LogP contribution in [0.4, 0.5) is 14.5 Å². The molecule has 1 rings (SSSR count). The number of alkyl halides is 2. The van der Waals surface area contributed by atoms with E-state index in [1.807, 2.05) is 18.2 Å². The van der Waals surface area contributed by atoms with Gasteiger partial charge < -0.3 is 10.2 Å². The fourth-order valence-corrected chi connectivity index (χ4v) is 2.28. The van der Waals surface area contributed by atoms with Crippen LogP contribution in [0.25, 0.3) is 0 Å². The molecule has 1 aromatic carbocycles. The van der Waals surface area contributed by atoms with Gasteiger partial charge in [0.2, 0.25) is 0 Å². The molecule has 0 bridgehead atoms. The summed E-state index contributed by atoms with van der Waals surface area (Å²) in [6.07, 6.45) is -2.33. The number of halogens is 3. The molecule has 0 amide bonds. The van der Waals surface area contributed by atoms with Crippen LogP contribution in [-0.2, 0) is 6.54 Å². The standard InChI is InChI=1S/C14H21BrF2N2/c1-10(2)7-18-8-11-6-12(15)4-5-13(11)19(3)9-14(16)17/h4-6,10,14,18H,7-9H2,1-3H3. The van der Waals surface area contributed by atoms with Crippen molar-refractivity contribution in [1.82, 2.24) is 5.32 Å². The van der Waals surface area contributed by atoms with E-state index in [9.17, 15) is 8.78 Å². The summed E-state index contributed by atoms with van der Waals surface area (Å²) >= 11 is 3.42. The second-order valence-corrected chi connectivity index (χ2v) is 5.99. The van der Waals surface area contributed by atoms with E-state index in [0.29, 0.717) is 12.5 Å². The second-order valence-electron chi connectivity index (χ2n) is 5.07. The summed E-state index contributed by atoms with van der Waals surface area (Å²) in [4.78, 5) is 1.60. The highest BCUT2D eigenvalue weighted by atomic mass is 79.9. The van der Waals surface area contributed by atoms with Crippen LogP contribution in [0.1, 0.15) is 19.4 Å². The van der Waals surface area contributed by atoms with Crippen molar-refractivity contribution in [2.45, 2.75) is 26.8 Å². The first-order chi connectivity index (χ1) is 8.90. The van der Waals surface area contributed by atoms with Crippen LogP contribution in [0.3, 0.4) is 0 Å². The van der Waals surface area contributed by atoms with Crippen LogP contribution in [0.15, 0.2) is 22.7 Å². The van der Waals surface area contributed by atoms with Gasteiger partial charge in [0.1, 0.15) is 0 Å². The SMILES string of the molecule is CC(C)CNCc1cc(Br)ccc1N(C)CC(F)F. The Morgan fingerprint density at radius 3 is 2.58 bits per heavy atom. The Labute approximate surface area is 122 Å². The van der Waals surface area contributed by atoms with Gasteiger partial charge in [-0.1, -0.05) is 29.8 Å². The summed E-state index contributed by atoms with van der Waals surface area (Å²) in [6.45, 7) is 5.61. The van der Waals surface area contributed by atoms with E-state index in [0.717, 1.165) is 22.3 Å². The van der Waals surface area contributed by atoms with Gasteiger partial charge in [0.05, 0.1) is 6.54 Å². The van der Waals surface area contributed by atoms with Gasteiger partial charge in [-0.3, -0.25) is 0 Å². The minimum Gasteiger partial charge on any atom is -0.369 e. The van der Waals surface area contributed by atoms with Crippen LogP contribution in [0, 0.1) is 5.92 Å². The summed E-state index contributed by atoms with van der Waals surface area (Å²) in [5.41, 5.74) is 1.87. The zero-order chi connectivity index (χ0) is 14.4. The number of rotatable bonds is 7. The Morgan fingerprint density at radius 1 is 1.32 bits per heavy atom. The molecule has 0 heterocycles. The molecule has 0 atom stereocenters. The molecule has 1 aromatic rings. The van der Waals surface area contributed by atoms with Crippen molar-refractivity contribution in [2.75, 3.05) is 25.0 Å². The van der Waals surface area contributed by atoms with Crippen molar-refractivity contribution in [3.8, 4) is 0 Å². The topological polar surface area (TPSA) is 15.3 Å². The zero-order valence-electron chi connectivity index (χ0n) is 11.6. The van der Waals surface area contributed by atoms with Gasteiger partial charge in [-0.15, -0.1) is 0 Å². The number of anilines is 1. The first kappa shape index (κ1) is 16.4. The number of nitrogens with one attached hydrogen (secondary N) is 1. The molecular weight excluding hydrogens is 314 g/mol. The van der Waals surface area contributed by atoms with E-state index in [2.05, 4.69) is 35.1 Å². The van der Waals surface area contributed by atoms with Crippen molar-refractivity contribution >= 4 is 21.6 Å². The van der Waals surface area contributed by atoms with Gasteiger partial charge in [0.15, 0.2) is 0 Å². The molecule has 2 nitrogen and oxygen atoms in total. The van der Waals surface area contributed by atoms with Crippen LogP contribution in [-0.4, -0.2) is 26.6 Å². The van der Waals surface area contributed by atoms with Gasteiger partial charge in [-0.25, -0.2) is 8.78 Å². The Hall–Kier alpha value is -0.680. The Morgan fingerprint density at radius 2 is 2.00 bits per heavy atom. The van der Waals surface area contributed by atoms with E-state index in [1.54, 1.807) is 11.9 Å². The van der Waals surface area contributed by atoms with Crippen LogP contribution in [0.2, 0.25) is 0 Å². The molecule has 0 radical (unpaired) electrons. The molecule has 0 saturated heterocycles. The maximum atomic E-state index is 12.5. The maximum absolute atomic E-state index is 12.5. The average molecular weight is 335 g/mol. The fraction of sp³-hybridized carbons (Fsp3) is 0.571. The molecule has 0 aliphatic carbocycles. The summed E-state index contributed by atoms with van der Waals surface area (Å²) < 4.78 is 25.9. The molecule has 0 aromatic heterocycles. The Kier molecular flexibility index (Phi) is 6.72. The summed E-state index contributed by atoms with van der Waals surface area (Å²) in [5, 5.41) is 3.34. The smallest absolute Gasteiger partial charge is 0.255 e. The first-order valence-electron chi connectivity index (χ1n) is 6.38. The van der Waals surface area contributed by atoms with Gasteiger partial charge in [-0.2, -0.15) is 0 Å². The lowest BCUT2D eigenvalue weighted by atomic mass is 10.1. The third-order valence-electron chi connectivity index (χ3n) is 2.73. The summed E-state index contributed by atoms with van der Waals surface area (Å²) in [5.74, 6) is 0.564. The van der Waals surface area contributed by atoms with E-state index in [-0.39, 0.29) is 6.54 Å². The largest absolute Gasteiger partial charge is 0.369 e. The van der Waals surface area contributed by atoms with Crippen LogP contribution in [0.5, 0.6) is 0 Å². The Balaban J connectivity index is 2.79. The predicted molar refractivity (Wildman–Crippen MR) is 80.0 cm³/mol. The molecular formula is C14H21BrF2N2. The van der Waals surface area contributed by atoms with Crippen molar-refractivity contribution in [2.24, 2.45) is 5.92 Å². The molecule has 1 N–H and O–H groups in total. The Bertz CT molecular complexity index is 397. The highest BCUT2D eigenvalue weighted by Gasteiger charge is 2.12. The molecule has 0 unspecified atom stereocenters. The predicted octanol–water partition coefficient (Wildman–Crippen LogP) is 3.90. The van der Waals surface area contributed by atoms with Crippen LogP contribution < -0.4 is 10.2 Å². The number of nitrogens with zero attached hydrogens (tertiary/aromatic N) is 1. The molecule has 0 aliphatic heterocycles. The number of hydrogen-bond donors (Lipinski definition) is 1. The third-order valence-corrected chi connectivity index (χ3v) is 3.23. The van der Waals surface area contributed by atoms with Crippen molar-refractivity contribution in [3.63, 3.8) is 0 Å². The molecule has 0 aliphatic rings. The second kappa shape index (κ2) is 7.80. The summed E-state index contributed by atoms with van der Waals surface area (Å²) in [7, 11) is 1.70. The van der Waals surface area contributed by atoms with Crippen molar-refractivity contribution in [1.29, 1.82) is 0 Å². The van der Waals surface area contributed by atoms with Gasteiger partial charge in [0.25, 0.3) is 6.43 Å². The molecule has 0 spiro atoms. The van der Waals surface area contributed by atoms with Gasteiger partial charge >= 0.3 is 0 Å². The molecule has 5 heteroatoms. The maximum Gasteiger partial charge on any atom is 0.255 e. The van der Waals surface area contributed by atoms with E-state index >= 15 is 0 Å².